The van der Waals surface area contributed by atoms with Gasteiger partial charge in [0, 0.05) is 18.8 Å². The molecule has 0 aromatic carbocycles. The Hall–Kier alpha value is -2.00. The summed E-state index contributed by atoms with van der Waals surface area (Å²) in [7, 11) is 0. The van der Waals surface area contributed by atoms with Crippen LogP contribution in [-0.2, 0) is 16.0 Å². The number of hydrogen-bond donors (Lipinski definition) is 1. The fourth-order valence-corrected chi connectivity index (χ4v) is 0.994. The van der Waals surface area contributed by atoms with E-state index in [9.17, 15) is 9.59 Å². The van der Waals surface area contributed by atoms with Crippen LogP contribution in [0.4, 0.5) is 0 Å². The van der Waals surface area contributed by atoms with Crippen LogP contribution in [0.2, 0.25) is 0 Å². The van der Waals surface area contributed by atoms with Crippen molar-refractivity contribution in [2.45, 2.75) is 12.5 Å². The van der Waals surface area contributed by atoms with Crippen molar-refractivity contribution in [1.29, 1.82) is 0 Å². The van der Waals surface area contributed by atoms with Gasteiger partial charge in [-0.15, -0.1) is 0 Å². The van der Waals surface area contributed by atoms with Crippen molar-refractivity contribution in [3.63, 3.8) is 0 Å². The molecule has 0 radical (unpaired) electrons. The van der Waals surface area contributed by atoms with Gasteiger partial charge in [-0.25, -0.2) is 9.59 Å². The highest BCUT2D eigenvalue weighted by Gasteiger charge is 2.16. The number of pyridine rings is 1. The maximum Gasteiger partial charge on any atom is 0.329 e. The van der Waals surface area contributed by atoms with E-state index >= 15 is 0 Å². The molecule has 1 N–H and O–H groups in total. The lowest BCUT2D eigenvalue weighted by atomic mass is 10.1. The Morgan fingerprint density at radius 2 is 2.50 bits per heavy atom. The van der Waals surface area contributed by atoms with E-state index in [0.717, 1.165) is 5.56 Å². The van der Waals surface area contributed by atoms with Crippen molar-refractivity contribution in [3.05, 3.63) is 30.1 Å². The summed E-state index contributed by atoms with van der Waals surface area (Å²) in [4.78, 5) is 27.6. The van der Waals surface area contributed by atoms with E-state index in [2.05, 4.69) is 9.98 Å². The molecule has 1 rings (SSSR count). The molecule has 1 atom stereocenters. The van der Waals surface area contributed by atoms with Crippen LogP contribution in [0.3, 0.4) is 0 Å². The van der Waals surface area contributed by atoms with E-state index in [1.165, 1.54) is 12.3 Å². The average Bonchev–Trinajstić information content (AvgIpc) is 2.18. The first-order valence-corrected chi connectivity index (χ1v) is 3.92. The lowest BCUT2D eigenvalue weighted by molar-refractivity contribution is -0.138. The number of hydrogen-bond acceptors (Lipinski definition) is 4. The molecule has 0 amide bonds. The first-order chi connectivity index (χ1) is 6.74. The molecule has 0 bridgehead atoms. The Morgan fingerprint density at radius 3 is 3.00 bits per heavy atom. The smallest absolute Gasteiger partial charge is 0.329 e. The first-order valence-electron chi connectivity index (χ1n) is 3.92. The Bertz CT molecular complexity index is 356. The summed E-state index contributed by atoms with van der Waals surface area (Å²) < 4.78 is 0. The van der Waals surface area contributed by atoms with Gasteiger partial charge in [0.2, 0.25) is 6.08 Å². The van der Waals surface area contributed by atoms with E-state index in [0.29, 0.717) is 0 Å². The Morgan fingerprint density at radius 1 is 1.71 bits per heavy atom. The van der Waals surface area contributed by atoms with Gasteiger partial charge in [0.15, 0.2) is 6.04 Å². The van der Waals surface area contributed by atoms with Gasteiger partial charge >= 0.3 is 5.97 Å². The molecule has 0 saturated heterocycles. The van der Waals surface area contributed by atoms with Crippen molar-refractivity contribution < 1.29 is 14.7 Å². The average molecular weight is 192 g/mol. The van der Waals surface area contributed by atoms with Crippen LogP contribution in [-0.4, -0.2) is 28.2 Å². The fraction of sp³-hybridized carbons (Fsp3) is 0.222. The van der Waals surface area contributed by atoms with Crippen LogP contribution >= 0.6 is 0 Å². The van der Waals surface area contributed by atoms with Crippen molar-refractivity contribution >= 4 is 12.0 Å². The second kappa shape index (κ2) is 4.89. The number of aromatic nitrogens is 1. The maximum absolute atomic E-state index is 10.6. The molecule has 1 unspecified atom stereocenters. The third-order valence-corrected chi connectivity index (χ3v) is 1.65. The predicted octanol–water partition coefficient (Wildman–Crippen LogP) is 0.413. The second-order valence-electron chi connectivity index (χ2n) is 2.64. The summed E-state index contributed by atoms with van der Waals surface area (Å²) >= 11 is 0. The van der Waals surface area contributed by atoms with Gasteiger partial charge in [0.1, 0.15) is 0 Å². The molecule has 1 aromatic heterocycles. The minimum atomic E-state index is -1.14. The highest BCUT2D eigenvalue weighted by atomic mass is 16.4. The number of aliphatic carboxylic acids is 1. The monoisotopic (exact) mass is 192 g/mol. The lowest BCUT2D eigenvalue weighted by Crippen LogP contribution is -2.20. The minimum Gasteiger partial charge on any atom is -0.480 e. The summed E-state index contributed by atoms with van der Waals surface area (Å²) in [6, 6.07) is 2.35. The Balaban J connectivity index is 2.75. The van der Waals surface area contributed by atoms with Gasteiger partial charge in [-0.05, 0) is 11.6 Å². The van der Waals surface area contributed by atoms with E-state index in [-0.39, 0.29) is 6.42 Å². The van der Waals surface area contributed by atoms with Crippen LogP contribution in [0.1, 0.15) is 5.56 Å². The molecule has 14 heavy (non-hydrogen) atoms. The first kappa shape index (κ1) is 10.1. The molecule has 0 aliphatic heterocycles. The number of carbonyl (C=O) groups is 1. The molecule has 5 nitrogen and oxygen atoms in total. The SMILES string of the molecule is O=C=NC(Cc1cccnc1)C(=O)O. The normalized spacial score (nSPS) is 11.4. The van der Waals surface area contributed by atoms with Gasteiger partial charge < -0.3 is 5.11 Å². The molecule has 1 heterocycles. The lowest BCUT2D eigenvalue weighted by Gasteiger charge is -2.03. The summed E-state index contributed by atoms with van der Waals surface area (Å²) in [5.74, 6) is -1.14. The molecule has 0 aliphatic carbocycles. The largest absolute Gasteiger partial charge is 0.480 e. The molecule has 0 fully saturated rings. The van der Waals surface area contributed by atoms with E-state index in [4.69, 9.17) is 5.11 Å². The van der Waals surface area contributed by atoms with E-state index < -0.39 is 12.0 Å². The van der Waals surface area contributed by atoms with Crippen molar-refractivity contribution in [2.75, 3.05) is 0 Å². The maximum atomic E-state index is 10.6. The number of nitrogens with zero attached hydrogens (tertiary/aromatic N) is 2. The Labute approximate surface area is 80.1 Å². The quantitative estimate of drug-likeness (QED) is 0.553. The minimum absolute atomic E-state index is 0.151. The summed E-state index contributed by atoms with van der Waals surface area (Å²) in [5.41, 5.74) is 0.721. The number of aliphatic imine (C=N–C) groups is 1. The molecule has 1 aromatic rings. The summed E-state index contributed by atoms with van der Waals surface area (Å²) in [6.45, 7) is 0. The van der Waals surface area contributed by atoms with Gasteiger partial charge in [-0.1, -0.05) is 6.07 Å². The fourth-order valence-electron chi connectivity index (χ4n) is 0.994. The van der Waals surface area contributed by atoms with Crippen LogP contribution in [0.25, 0.3) is 0 Å². The van der Waals surface area contributed by atoms with Crippen LogP contribution in [0.15, 0.2) is 29.5 Å². The summed E-state index contributed by atoms with van der Waals surface area (Å²) in [6.07, 6.45) is 4.52. The molecule has 72 valence electrons. The van der Waals surface area contributed by atoms with Crippen LogP contribution < -0.4 is 0 Å². The van der Waals surface area contributed by atoms with E-state index in [1.54, 1.807) is 18.3 Å². The topological polar surface area (TPSA) is 79.6 Å². The number of carboxylic acids is 1. The van der Waals surface area contributed by atoms with Gasteiger partial charge in [0.25, 0.3) is 0 Å². The summed E-state index contributed by atoms with van der Waals surface area (Å²) in [5, 5.41) is 8.67. The standard InChI is InChI=1S/C9H8N2O3/c12-6-11-8(9(13)14)4-7-2-1-3-10-5-7/h1-3,5,8H,4H2,(H,13,14). The highest BCUT2D eigenvalue weighted by Crippen LogP contribution is 2.03. The third-order valence-electron chi connectivity index (χ3n) is 1.65. The van der Waals surface area contributed by atoms with Gasteiger partial charge in [-0.2, -0.15) is 4.99 Å². The molecular weight excluding hydrogens is 184 g/mol. The van der Waals surface area contributed by atoms with Crippen LogP contribution in [0.5, 0.6) is 0 Å². The Kier molecular flexibility index (Phi) is 3.52. The van der Waals surface area contributed by atoms with Crippen LogP contribution in [0, 0.1) is 0 Å². The highest BCUT2D eigenvalue weighted by molar-refractivity contribution is 5.75. The van der Waals surface area contributed by atoms with Gasteiger partial charge in [0.05, 0.1) is 0 Å². The zero-order valence-corrected chi connectivity index (χ0v) is 7.25. The predicted molar refractivity (Wildman–Crippen MR) is 47.5 cm³/mol. The van der Waals surface area contributed by atoms with Gasteiger partial charge in [-0.3, -0.25) is 4.98 Å². The molecular formula is C9H8N2O3. The second-order valence-corrected chi connectivity index (χ2v) is 2.64. The number of isocyanates is 1. The molecule has 0 saturated carbocycles. The van der Waals surface area contributed by atoms with E-state index in [1.807, 2.05) is 0 Å². The third kappa shape index (κ3) is 2.80. The zero-order valence-electron chi connectivity index (χ0n) is 7.25. The molecule has 0 aliphatic rings. The zero-order chi connectivity index (χ0) is 10.4. The number of carbonyl (C=O) groups excluding carboxylic acids is 1. The number of carboxylic acid groups (broad SMARTS) is 1. The molecule has 0 spiro atoms. The number of rotatable bonds is 4. The van der Waals surface area contributed by atoms with Crippen molar-refractivity contribution in [2.24, 2.45) is 4.99 Å². The molecule has 5 heteroatoms. The van der Waals surface area contributed by atoms with Crippen molar-refractivity contribution in [3.8, 4) is 0 Å². The van der Waals surface area contributed by atoms with Crippen molar-refractivity contribution in [1.82, 2.24) is 4.98 Å².